The van der Waals surface area contributed by atoms with Crippen LogP contribution in [0, 0.1) is 5.92 Å². The molecule has 5 nitrogen and oxygen atoms in total. The number of hydrogen-bond donors (Lipinski definition) is 3. The van der Waals surface area contributed by atoms with Gasteiger partial charge >= 0.3 is 0 Å². The van der Waals surface area contributed by atoms with Gasteiger partial charge in [0.15, 0.2) is 5.96 Å². The molecule has 1 fully saturated rings. The lowest BCUT2D eigenvalue weighted by Gasteiger charge is -2.10. The number of aliphatic imine (C=N–C) groups is 1. The molecule has 0 radical (unpaired) electrons. The lowest BCUT2D eigenvalue weighted by Crippen LogP contribution is -2.40. The second kappa shape index (κ2) is 10.5. The summed E-state index contributed by atoms with van der Waals surface area (Å²) in [6, 6.07) is 10.6. The lowest BCUT2D eigenvalue weighted by molar-refractivity contribution is -0.119. The molecular weight excluding hydrogens is 403 g/mol. The van der Waals surface area contributed by atoms with Crippen molar-refractivity contribution in [2.24, 2.45) is 10.9 Å². The van der Waals surface area contributed by atoms with E-state index in [2.05, 4.69) is 40.0 Å². The van der Waals surface area contributed by atoms with Crippen LogP contribution in [0.2, 0.25) is 0 Å². The topological polar surface area (TPSA) is 65.5 Å². The molecule has 0 aromatic heterocycles. The van der Waals surface area contributed by atoms with Crippen LogP contribution in [-0.4, -0.2) is 37.5 Å². The van der Waals surface area contributed by atoms with Gasteiger partial charge in [0.2, 0.25) is 5.91 Å². The van der Waals surface area contributed by atoms with Crippen LogP contribution in [-0.2, 0) is 11.2 Å². The van der Waals surface area contributed by atoms with E-state index in [-0.39, 0.29) is 36.4 Å². The number of halogens is 1. The van der Waals surface area contributed by atoms with E-state index in [4.69, 9.17) is 0 Å². The van der Waals surface area contributed by atoms with Crippen LogP contribution in [0.25, 0.3) is 0 Å². The number of guanidine groups is 1. The van der Waals surface area contributed by atoms with Crippen LogP contribution in [0.4, 0.5) is 0 Å². The molecule has 0 heterocycles. The van der Waals surface area contributed by atoms with Crippen LogP contribution in [0.1, 0.15) is 25.8 Å². The Morgan fingerprint density at radius 2 is 1.96 bits per heavy atom. The summed E-state index contributed by atoms with van der Waals surface area (Å²) in [6.45, 7) is 5.82. The van der Waals surface area contributed by atoms with Crippen LogP contribution in [0.3, 0.4) is 0 Å². The standard InChI is InChI=1S/C17H26N4O.HI/c1-3-18-17(21-15-11-13(15)2)20-12-16(22)19-10-9-14-7-5-4-6-8-14;/h4-8,13,15H,3,9-12H2,1-2H3,(H,19,22)(H2,18,20,21);1H. The quantitative estimate of drug-likeness (QED) is 0.352. The minimum Gasteiger partial charge on any atom is -0.357 e. The van der Waals surface area contributed by atoms with E-state index in [1.54, 1.807) is 0 Å². The molecule has 0 saturated heterocycles. The normalized spacial score (nSPS) is 19.5. The van der Waals surface area contributed by atoms with E-state index in [1.165, 1.54) is 12.0 Å². The number of rotatable bonds is 7. The predicted octanol–water partition coefficient (Wildman–Crippen LogP) is 1.93. The highest BCUT2D eigenvalue weighted by atomic mass is 127. The van der Waals surface area contributed by atoms with Gasteiger partial charge in [-0.05, 0) is 31.2 Å². The molecule has 23 heavy (non-hydrogen) atoms. The summed E-state index contributed by atoms with van der Waals surface area (Å²) < 4.78 is 0. The molecule has 2 unspecified atom stereocenters. The van der Waals surface area contributed by atoms with Gasteiger partial charge in [-0.25, -0.2) is 4.99 Å². The first-order valence-corrected chi connectivity index (χ1v) is 8.04. The van der Waals surface area contributed by atoms with E-state index in [0.717, 1.165) is 18.9 Å². The van der Waals surface area contributed by atoms with Crippen molar-refractivity contribution in [2.75, 3.05) is 19.6 Å². The lowest BCUT2D eigenvalue weighted by atomic mass is 10.1. The third-order valence-corrected chi connectivity index (χ3v) is 3.74. The van der Waals surface area contributed by atoms with Crippen molar-refractivity contribution in [1.82, 2.24) is 16.0 Å². The summed E-state index contributed by atoms with van der Waals surface area (Å²) in [5.41, 5.74) is 1.23. The molecule has 128 valence electrons. The van der Waals surface area contributed by atoms with Crippen LogP contribution < -0.4 is 16.0 Å². The summed E-state index contributed by atoms with van der Waals surface area (Å²) in [4.78, 5) is 16.2. The number of carbonyl (C=O) groups excluding carboxylic acids is 1. The fraction of sp³-hybridized carbons (Fsp3) is 0.529. The molecule has 6 heteroatoms. The fourth-order valence-electron chi connectivity index (χ4n) is 2.22. The number of benzene rings is 1. The average Bonchev–Trinajstić information content (AvgIpc) is 3.21. The monoisotopic (exact) mass is 430 g/mol. The third-order valence-electron chi connectivity index (χ3n) is 3.74. The number of nitrogens with zero attached hydrogens (tertiary/aromatic N) is 1. The predicted molar refractivity (Wildman–Crippen MR) is 105 cm³/mol. The molecular formula is C17H27IN4O. The van der Waals surface area contributed by atoms with E-state index in [1.807, 2.05) is 25.1 Å². The van der Waals surface area contributed by atoms with E-state index in [9.17, 15) is 4.79 Å². The number of carbonyl (C=O) groups is 1. The fourth-order valence-corrected chi connectivity index (χ4v) is 2.22. The Morgan fingerprint density at radius 1 is 1.26 bits per heavy atom. The maximum Gasteiger partial charge on any atom is 0.241 e. The summed E-state index contributed by atoms with van der Waals surface area (Å²) in [5.74, 6) is 1.38. The highest BCUT2D eigenvalue weighted by Crippen LogP contribution is 2.28. The Balaban J connectivity index is 0.00000264. The van der Waals surface area contributed by atoms with Gasteiger partial charge in [-0.3, -0.25) is 4.79 Å². The smallest absolute Gasteiger partial charge is 0.241 e. The Labute approximate surface area is 155 Å². The molecule has 2 atom stereocenters. The maximum atomic E-state index is 11.8. The third kappa shape index (κ3) is 7.67. The molecule has 0 spiro atoms. The molecule has 2 rings (SSSR count). The first kappa shape index (κ1) is 19.7. The highest BCUT2D eigenvalue weighted by molar-refractivity contribution is 14.0. The molecule has 1 aromatic carbocycles. The zero-order valence-corrected chi connectivity index (χ0v) is 16.2. The largest absolute Gasteiger partial charge is 0.357 e. The first-order chi connectivity index (χ1) is 10.7. The molecule has 0 aliphatic heterocycles. The van der Waals surface area contributed by atoms with Crippen LogP contribution in [0.15, 0.2) is 35.3 Å². The van der Waals surface area contributed by atoms with Crippen molar-refractivity contribution in [3.63, 3.8) is 0 Å². The van der Waals surface area contributed by atoms with Crippen LogP contribution >= 0.6 is 24.0 Å². The van der Waals surface area contributed by atoms with Crippen molar-refractivity contribution in [1.29, 1.82) is 0 Å². The van der Waals surface area contributed by atoms with Crippen molar-refractivity contribution >= 4 is 35.8 Å². The van der Waals surface area contributed by atoms with Crippen LogP contribution in [0.5, 0.6) is 0 Å². The molecule has 0 bridgehead atoms. The van der Waals surface area contributed by atoms with Crippen molar-refractivity contribution in [3.05, 3.63) is 35.9 Å². The van der Waals surface area contributed by atoms with Crippen molar-refractivity contribution in [2.45, 2.75) is 32.7 Å². The van der Waals surface area contributed by atoms with Gasteiger partial charge in [0.1, 0.15) is 6.54 Å². The van der Waals surface area contributed by atoms with Gasteiger partial charge in [0.25, 0.3) is 0 Å². The van der Waals surface area contributed by atoms with Crippen molar-refractivity contribution in [3.8, 4) is 0 Å². The van der Waals surface area contributed by atoms with E-state index in [0.29, 0.717) is 18.5 Å². The van der Waals surface area contributed by atoms with Gasteiger partial charge in [0, 0.05) is 19.1 Å². The van der Waals surface area contributed by atoms with E-state index < -0.39 is 0 Å². The SMILES string of the molecule is CCNC(=NCC(=O)NCCc1ccccc1)NC1CC1C.I. The van der Waals surface area contributed by atoms with Gasteiger partial charge in [-0.15, -0.1) is 24.0 Å². The Kier molecular flexibility index (Phi) is 8.98. The second-order valence-corrected chi connectivity index (χ2v) is 5.74. The van der Waals surface area contributed by atoms with Gasteiger partial charge < -0.3 is 16.0 Å². The minimum absolute atomic E-state index is 0. The van der Waals surface area contributed by atoms with E-state index >= 15 is 0 Å². The zero-order chi connectivity index (χ0) is 15.8. The molecule has 1 aliphatic carbocycles. The summed E-state index contributed by atoms with van der Waals surface area (Å²) in [7, 11) is 0. The summed E-state index contributed by atoms with van der Waals surface area (Å²) in [6.07, 6.45) is 2.02. The number of hydrogen-bond acceptors (Lipinski definition) is 2. The van der Waals surface area contributed by atoms with Gasteiger partial charge in [-0.1, -0.05) is 37.3 Å². The molecule has 1 aliphatic rings. The number of nitrogens with one attached hydrogen (secondary N) is 3. The van der Waals surface area contributed by atoms with Crippen molar-refractivity contribution < 1.29 is 4.79 Å². The highest BCUT2D eigenvalue weighted by Gasteiger charge is 2.33. The van der Waals surface area contributed by atoms with Gasteiger partial charge in [-0.2, -0.15) is 0 Å². The Hall–Kier alpha value is -1.31. The zero-order valence-electron chi connectivity index (χ0n) is 13.8. The molecule has 1 amide bonds. The maximum absolute atomic E-state index is 11.8. The molecule has 1 aromatic rings. The number of amides is 1. The molecule has 1 saturated carbocycles. The second-order valence-electron chi connectivity index (χ2n) is 5.74. The Bertz CT molecular complexity index is 507. The average molecular weight is 430 g/mol. The first-order valence-electron chi connectivity index (χ1n) is 8.04. The van der Waals surface area contributed by atoms with Gasteiger partial charge in [0.05, 0.1) is 0 Å². The summed E-state index contributed by atoms with van der Waals surface area (Å²) >= 11 is 0. The molecule has 3 N–H and O–H groups in total. The summed E-state index contributed by atoms with van der Waals surface area (Å²) in [5, 5.41) is 9.41. The Morgan fingerprint density at radius 3 is 2.57 bits per heavy atom. The minimum atomic E-state index is -0.0445.